The number of hydrogen-bond acceptors (Lipinski definition) is 4. The third-order valence-corrected chi connectivity index (χ3v) is 3.44. The first-order chi connectivity index (χ1) is 11.7. The number of rotatable bonds is 4. The molecule has 0 radical (unpaired) electrons. The number of nitrogens with one attached hydrogen (secondary N) is 1. The largest absolute Gasteiger partial charge is 0.496 e. The van der Waals surface area contributed by atoms with Crippen LogP contribution in [0.3, 0.4) is 0 Å². The predicted octanol–water partition coefficient (Wildman–Crippen LogP) is 3.45. The zero-order valence-corrected chi connectivity index (χ0v) is 13.0. The van der Waals surface area contributed by atoms with Crippen LogP contribution in [0.15, 0.2) is 69.9 Å². The van der Waals surface area contributed by atoms with Gasteiger partial charge in [0, 0.05) is 28.8 Å². The Labute approximate surface area is 138 Å². The highest BCUT2D eigenvalue weighted by Gasteiger charge is 2.03. The van der Waals surface area contributed by atoms with Crippen LogP contribution in [0.4, 0.5) is 5.69 Å². The highest BCUT2D eigenvalue weighted by Crippen LogP contribution is 2.20. The minimum absolute atomic E-state index is 0.266. The lowest BCUT2D eigenvalue weighted by atomic mass is 10.2. The van der Waals surface area contributed by atoms with E-state index in [0.717, 1.165) is 10.9 Å². The fourth-order valence-corrected chi connectivity index (χ4v) is 2.30. The van der Waals surface area contributed by atoms with Gasteiger partial charge in [-0.15, -0.1) is 0 Å². The first-order valence-electron chi connectivity index (χ1n) is 7.32. The third kappa shape index (κ3) is 3.52. The second kappa shape index (κ2) is 6.83. The highest BCUT2D eigenvalue weighted by molar-refractivity contribution is 6.03. The van der Waals surface area contributed by atoms with Gasteiger partial charge in [-0.2, -0.15) is 0 Å². The number of carbonyl (C=O) groups excluding carboxylic acids is 1. The van der Waals surface area contributed by atoms with Crippen molar-refractivity contribution in [2.75, 3.05) is 12.4 Å². The number of methoxy groups -OCH3 is 1. The van der Waals surface area contributed by atoms with Gasteiger partial charge in [-0.3, -0.25) is 4.79 Å². The van der Waals surface area contributed by atoms with Gasteiger partial charge in [0.15, 0.2) is 0 Å². The van der Waals surface area contributed by atoms with Gasteiger partial charge in [-0.05, 0) is 36.4 Å². The number of hydrogen-bond donors (Lipinski definition) is 1. The fraction of sp³-hybridized carbons (Fsp3) is 0.0526. The lowest BCUT2D eigenvalue weighted by molar-refractivity contribution is -0.111. The van der Waals surface area contributed by atoms with E-state index < -0.39 is 5.63 Å². The van der Waals surface area contributed by atoms with Gasteiger partial charge in [0.2, 0.25) is 5.91 Å². The number of benzene rings is 2. The Bertz CT molecular complexity index is 972. The molecule has 0 aliphatic heterocycles. The topological polar surface area (TPSA) is 68.5 Å². The molecule has 0 bridgehead atoms. The summed E-state index contributed by atoms with van der Waals surface area (Å²) in [5.74, 6) is 0.430. The molecule has 1 aromatic heterocycles. The van der Waals surface area contributed by atoms with E-state index in [1.54, 1.807) is 37.5 Å². The van der Waals surface area contributed by atoms with Crippen LogP contribution in [0.25, 0.3) is 17.0 Å². The smallest absolute Gasteiger partial charge is 0.336 e. The molecule has 0 saturated carbocycles. The molecule has 0 saturated heterocycles. The van der Waals surface area contributed by atoms with Gasteiger partial charge >= 0.3 is 5.63 Å². The summed E-state index contributed by atoms with van der Waals surface area (Å²) in [7, 11) is 1.58. The molecule has 0 aliphatic rings. The molecule has 120 valence electrons. The molecular weight excluding hydrogens is 306 g/mol. The van der Waals surface area contributed by atoms with E-state index in [-0.39, 0.29) is 5.91 Å². The standard InChI is InChI=1S/C19H15NO4/c1-23-16-5-3-2-4-13(16)6-10-18(21)20-15-8-9-17-14(12-15)7-11-19(22)24-17/h2-12H,1H3,(H,20,21)/b10-6+. The molecule has 5 nitrogen and oxygen atoms in total. The molecule has 0 fully saturated rings. The van der Waals surface area contributed by atoms with Crippen LogP contribution in [0, 0.1) is 0 Å². The van der Waals surface area contributed by atoms with Crippen LogP contribution in [0.5, 0.6) is 5.75 Å². The number of carbonyl (C=O) groups is 1. The molecule has 1 amide bonds. The number of para-hydroxylation sites is 1. The van der Waals surface area contributed by atoms with Crippen LogP contribution < -0.4 is 15.7 Å². The zero-order valence-electron chi connectivity index (χ0n) is 13.0. The monoisotopic (exact) mass is 321 g/mol. The van der Waals surface area contributed by atoms with Crippen LogP contribution in [-0.2, 0) is 4.79 Å². The van der Waals surface area contributed by atoms with Gasteiger partial charge in [0.1, 0.15) is 11.3 Å². The average Bonchev–Trinajstić information content (AvgIpc) is 2.60. The maximum atomic E-state index is 12.1. The molecule has 24 heavy (non-hydrogen) atoms. The van der Waals surface area contributed by atoms with E-state index >= 15 is 0 Å². The van der Waals surface area contributed by atoms with E-state index in [1.807, 2.05) is 24.3 Å². The number of fused-ring (bicyclic) bond motifs is 1. The van der Waals surface area contributed by atoms with Crippen molar-refractivity contribution in [1.29, 1.82) is 0 Å². The summed E-state index contributed by atoms with van der Waals surface area (Å²) in [5, 5.41) is 3.51. The van der Waals surface area contributed by atoms with Gasteiger partial charge in [0.05, 0.1) is 7.11 Å². The van der Waals surface area contributed by atoms with E-state index in [9.17, 15) is 9.59 Å². The van der Waals surface area contributed by atoms with Crippen molar-refractivity contribution in [3.05, 3.63) is 76.7 Å². The van der Waals surface area contributed by atoms with Crippen molar-refractivity contribution in [3.63, 3.8) is 0 Å². The van der Waals surface area contributed by atoms with Gasteiger partial charge in [0.25, 0.3) is 0 Å². The van der Waals surface area contributed by atoms with Gasteiger partial charge in [-0.25, -0.2) is 4.79 Å². The molecule has 1 N–H and O–H groups in total. The Balaban J connectivity index is 1.76. The first-order valence-corrected chi connectivity index (χ1v) is 7.32. The third-order valence-electron chi connectivity index (χ3n) is 3.44. The van der Waals surface area contributed by atoms with Crippen molar-refractivity contribution in [1.82, 2.24) is 0 Å². The predicted molar refractivity (Wildman–Crippen MR) is 93.1 cm³/mol. The second-order valence-corrected chi connectivity index (χ2v) is 5.07. The number of ether oxygens (including phenoxy) is 1. The quantitative estimate of drug-likeness (QED) is 0.590. The van der Waals surface area contributed by atoms with Gasteiger partial charge in [-0.1, -0.05) is 18.2 Å². The van der Waals surface area contributed by atoms with E-state index in [1.165, 1.54) is 12.1 Å². The van der Waals surface area contributed by atoms with Crippen molar-refractivity contribution >= 4 is 28.6 Å². The summed E-state index contributed by atoms with van der Waals surface area (Å²) >= 11 is 0. The van der Waals surface area contributed by atoms with E-state index in [0.29, 0.717) is 17.0 Å². The van der Waals surface area contributed by atoms with Crippen molar-refractivity contribution in [2.45, 2.75) is 0 Å². The average molecular weight is 321 g/mol. The van der Waals surface area contributed by atoms with Crippen LogP contribution in [0.2, 0.25) is 0 Å². The van der Waals surface area contributed by atoms with Crippen molar-refractivity contribution in [2.24, 2.45) is 0 Å². The minimum Gasteiger partial charge on any atom is -0.496 e. The minimum atomic E-state index is -0.404. The number of anilines is 1. The highest BCUT2D eigenvalue weighted by atomic mass is 16.5. The molecule has 2 aromatic carbocycles. The Morgan fingerprint density at radius 1 is 1.12 bits per heavy atom. The maximum Gasteiger partial charge on any atom is 0.336 e. The molecule has 1 heterocycles. The van der Waals surface area contributed by atoms with Crippen LogP contribution in [-0.4, -0.2) is 13.0 Å². The molecule has 3 aromatic rings. The molecule has 5 heteroatoms. The van der Waals surface area contributed by atoms with Crippen LogP contribution in [0.1, 0.15) is 5.56 Å². The normalized spacial score (nSPS) is 10.9. The Hall–Kier alpha value is -3.34. The molecule has 0 spiro atoms. The summed E-state index contributed by atoms with van der Waals surface area (Å²) in [6.45, 7) is 0. The lowest BCUT2D eigenvalue weighted by Crippen LogP contribution is -2.07. The van der Waals surface area contributed by atoms with Crippen LogP contribution >= 0.6 is 0 Å². The maximum absolute atomic E-state index is 12.1. The summed E-state index contributed by atoms with van der Waals surface area (Å²) in [6.07, 6.45) is 3.13. The van der Waals surface area contributed by atoms with Crippen molar-refractivity contribution < 1.29 is 13.9 Å². The Morgan fingerprint density at radius 3 is 2.79 bits per heavy atom. The van der Waals surface area contributed by atoms with E-state index in [2.05, 4.69) is 5.32 Å². The molecule has 3 rings (SSSR count). The fourth-order valence-electron chi connectivity index (χ4n) is 2.30. The molecular formula is C19H15NO4. The summed E-state index contributed by atoms with van der Waals surface area (Å²) in [5.41, 5.74) is 1.51. The SMILES string of the molecule is COc1ccccc1/C=C/C(=O)Nc1ccc2oc(=O)ccc2c1. The van der Waals surface area contributed by atoms with Crippen molar-refractivity contribution in [3.8, 4) is 5.75 Å². The Kier molecular flexibility index (Phi) is 4.43. The summed E-state index contributed by atoms with van der Waals surface area (Å²) in [4.78, 5) is 23.2. The Morgan fingerprint density at radius 2 is 1.96 bits per heavy atom. The molecule has 0 atom stereocenters. The first kappa shape index (κ1) is 15.6. The molecule has 0 unspecified atom stereocenters. The number of amides is 1. The summed E-state index contributed by atoms with van der Waals surface area (Å²) < 4.78 is 10.3. The summed E-state index contributed by atoms with van der Waals surface area (Å²) in [6, 6.07) is 15.5. The molecule has 0 aliphatic carbocycles. The van der Waals surface area contributed by atoms with E-state index in [4.69, 9.17) is 9.15 Å². The second-order valence-electron chi connectivity index (χ2n) is 5.07. The lowest BCUT2D eigenvalue weighted by Gasteiger charge is -2.05. The zero-order chi connectivity index (χ0) is 16.9. The van der Waals surface area contributed by atoms with Gasteiger partial charge < -0.3 is 14.5 Å².